The van der Waals surface area contributed by atoms with Crippen LogP contribution >= 0.6 is 35.4 Å². The fourth-order valence-corrected chi connectivity index (χ4v) is 3.04. The van der Waals surface area contributed by atoms with Crippen LogP contribution in [0.5, 0.6) is 5.75 Å². The zero-order valence-corrected chi connectivity index (χ0v) is 18.4. The summed E-state index contributed by atoms with van der Waals surface area (Å²) in [5.41, 5.74) is 5.76. The highest BCUT2D eigenvalue weighted by Gasteiger charge is 2.29. The number of hydrazine groups is 1. The molecular formula is C20H18Cl2N4O4S. The van der Waals surface area contributed by atoms with Crippen LogP contribution in [0.3, 0.4) is 0 Å². The summed E-state index contributed by atoms with van der Waals surface area (Å²) in [5.74, 6) is -0.640. The number of hydrogen-bond acceptors (Lipinski definition) is 5. The van der Waals surface area contributed by atoms with Crippen LogP contribution in [0.4, 0.5) is 5.69 Å². The fourth-order valence-electron chi connectivity index (χ4n) is 2.41. The Morgan fingerprint density at radius 2 is 1.74 bits per heavy atom. The molecule has 0 bridgehead atoms. The second-order valence-corrected chi connectivity index (χ2v) is 7.91. The molecule has 0 spiro atoms. The predicted octanol–water partition coefficient (Wildman–Crippen LogP) is 3.06. The van der Waals surface area contributed by atoms with E-state index in [1.54, 1.807) is 30.3 Å². The van der Waals surface area contributed by atoms with Gasteiger partial charge in [0.2, 0.25) is 5.91 Å². The molecule has 1 fully saturated rings. The Morgan fingerprint density at radius 1 is 1.03 bits per heavy atom. The Labute approximate surface area is 193 Å². The third-order valence-corrected chi connectivity index (χ3v) is 4.89. The number of nitrogens with one attached hydrogen (secondary N) is 4. The van der Waals surface area contributed by atoms with E-state index in [1.165, 1.54) is 12.1 Å². The van der Waals surface area contributed by atoms with Crippen molar-refractivity contribution in [3.05, 3.63) is 58.1 Å². The Hall–Kier alpha value is -2.88. The first-order valence-corrected chi connectivity index (χ1v) is 10.4. The monoisotopic (exact) mass is 480 g/mol. The van der Waals surface area contributed by atoms with Gasteiger partial charge in [-0.05, 0) is 67.5 Å². The van der Waals surface area contributed by atoms with Crippen molar-refractivity contribution in [3.63, 3.8) is 0 Å². The van der Waals surface area contributed by atoms with Gasteiger partial charge in [-0.3, -0.25) is 30.6 Å². The summed E-state index contributed by atoms with van der Waals surface area (Å²) < 4.78 is 5.30. The third-order valence-electron chi connectivity index (χ3n) is 4.16. The van der Waals surface area contributed by atoms with E-state index in [1.807, 2.05) is 0 Å². The SMILES string of the molecule is O=C(COc1ccc(Cl)cc1Cl)NC(=S)NNC(=O)c1ccc(NC(=O)C2CC2)cc1. The third kappa shape index (κ3) is 7.09. The van der Waals surface area contributed by atoms with Crippen molar-refractivity contribution < 1.29 is 19.1 Å². The highest BCUT2D eigenvalue weighted by Crippen LogP contribution is 2.30. The van der Waals surface area contributed by atoms with Gasteiger partial charge in [0.05, 0.1) is 5.02 Å². The van der Waals surface area contributed by atoms with E-state index < -0.39 is 11.8 Å². The Morgan fingerprint density at radius 3 is 2.39 bits per heavy atom. The number of thiocarbonyl (C=S) groups is 1. The summed E-state index contributed by atoms with van der Waals surface area (Å²) in [6.07, 6.45) is 1.82. The number of ether oxygens (including phenoxy) is 1. The molecule has 1 aliphatic carbocycles. The topological polar surface area (TPSA) is 109 Å². The highest BCUT2D eigenvalue weighted by atomic mass is 35.5. The van der Waals surface area contributed by atoms with Crippen molar-refractivity contribution in [2.45, 2.75) is 12.8 Å². The van der Waals surface area contributed by atoms with Crippen molar-refractivity contribution in [2.24, 2.45) is 5.92 Å². The first kappa shape index (κ1) is 22.8. The largest absolute Gasteiger partial charge is 0.482 e. The summed E-state index contributed by atoms with van der Waals surface area (Å²) in [6.45, 7) is -0.342. The minimum absolute atomic E-state index is 0.0118. The molecule has 0 atom stereocenters. The van der Waals surface area contributed by atoms with Gasteiger partial charge < -0.3 is 10.1 Å². The lowest BCUT2D eigenvalue weighted by molar-refractivity contribution is -0.121. The second kappa shape index (κ2) is 10.4. The van der Waals surface area contributed by atoms with Gasteiger partial charge in [0.15, 0.2) is 11.7 Å². The van der Waals surface area contributed by atoms with Gasteiger partial charge >= 0.3 is 0 Å². The minimum atomic E-state index is -0.548. The van der Waals surface area contributed by atoms with Crippen molar-refractivity contribution in [3.8, 4) is 5.75 Å². The van der Waals surface area contributed by atoms with Gasteiger partial charge in [0.25, 0.3) is 11.8 Å². The van der Waals surface area contributed by atoms with Crippen molar-refractivity contribution in [1.29, 1.82) is 0 Å². The Bertz CT molecular complexity index is 1010. The van der Waals surface area contributed by atoms with Crippen molar-refractivity contribution in [2.75, 3.05) is 11.9 Å². The fraction of sp³-hybridized carbons (Fsp3) is 0.200. The normalized spacial score (nSPS) is 12.5. The number of amides is 3. The maximum atomic E-state index is 12.2. The number of carbonyl (C=O) groups is 3. The van der Waals surface area contributed by atoms with E-state index >= 15 is 0 Å². The molecule has 8 nitrogen and oxygen atoms in total. The van der Waals surface area contributed by atoms with Crippen LogP contribution in [0.25, 0.3) is 0 Å². The van der Waals surface area contributed by atoms with Gasteiger partial charge in [-0.15, -0.1) is 0 Å². The first-order valence-electron chi connectivity index (χ1n) is 9.21. The standard InChI is InChI=1S/C20H18Cl2N4O4S/c21-13-5-8-16(15(22)9-13)30-10-17(27)24-20(31)26-25-19(29)12-3-6-14(7-4-12)23-18(28)11-1-2-11/h3-9,11H,1-2,10H2,(H,23,28)(H,25,29)(H2,24,26,27,31). The molecule has 0 saturated heterocycles. The molecule has 2 aromatic carbocycles. The number of halogens is 2. The summed E-state index contributed by atoms with van der Waals surface area (Å²) >= 11 is 16.7. The molecule has 4 N–H and O–H groups in total. The van der Waals surface area contributed by atoms with Crippen LogP contribution in [0, 0.1) is 5.92 Å². The Balaban J connectivity index is 1.39. The zero-order valence-electron chi connectivity index (χ0n) is 16.0. The molecule has 162 valence electrons. The highest BCUT2D eigenvalue weighted by molar-refractivity contribution is 7.80. The van der Waals surface area contributed by atoms with Crippen LogP contribution in [0.2, 0.25) is 10.0 Å². The molecule has 1 aliphatic rings. The van der Waals surface area contributed by atoms with Gasteiger partial charge in [-0.2, -0.15) is 0 Å². The van der Waals surface area contributed by atoms with Gasteiger partial charge in [0, 0.05) is 22.2 Å². The zero-order chi connectivity index (χ0) is 22.4. The molecule has 31 heavy (non-hydrogen) atoms. The lowest BCUT2D eigenvalue weighted by Crippen LogP contribution is -2.49. The van der Waals surface area contributed by atoms with Crippen molar-refractivity contribution >= 4 is 63.9 Å². The quantitative estimate of drug-likeness (QED) is 0.373. The summed E-state index contributed by atoms with van der Waals surface area (Å²) in [6, 6.07) is 11.0. The molecule has 3 rings (SSSR count). The molecular weight excluding hydrogens is 463 g/mol. The molecule has 0 heterocycles. The summed E-state index contributed by atoms with van der Waals surface area (Å²) in [5, 5.41) is 5.75. The lowest BCUT2D eigenvalue weighted by Gasteiger charge is -2.12. The van der Waals surface area contributed by atoms with E-state index in [0.717, 1.165) is 12.8 Å². The van der Waals surface area contributed by atoms with E-state index in [4.69, 9.17) is 40.2 Å². The minimum Gasteiger partial charge on any atom is -0.482 e. The van der Waals surface area contributed by atoms with Crippen LogP contribution < -0.4 is 26.2 Å². The second-order valence-electron chi connectivity index (χ2n) is 6.66. The Kier molecular flexibility index (Phi) is 7.67. The van der Waals surface area contributed by atoms with Crippen LogP contribution in [-0.2, 0) is 9.59 Å². The van der Waals surface area contributed by atoms with Crippen LogP contribution in [0.1, 0.15) is 23.2 Å². The van der Waals surface area contributed by atoms with E-state index in [0.29, 0.717) is 22.0 Å². The van der Waals surface area contributed by atoms with Gasteiger partial charge in [0.1, 0.15) is 5.75 Å². The number of anilines is 1. The molecule has 11 heteroatoms. The maximum absolute atomic E-state index is 12.2. The number of hydrogen-bond donors (Lipinski definition) is 4. The number of rotatable bonds is 6. The first-order chi connectivity index (χ1) is 14.8. The van der Waals surface area contributed by atoms with Gasteiger partial charge in [-0.25, -0.2) is 0 Å². The smallest absolute Gasteiger partial charge is 0.269 e. The van der Waals surface area contributed by atoms with Crippen molar-refractivity contribution in [1.82, 2.24) is 16.2 Å². The molecule has 0 aromatic heterocycles. The molecule has 1 saturated carbocycles. The number of benzene rings is 2. The average Bonchev–Trinajstić information content (AvgIpc) is 3.57. The average molecular weight is 481 g/mol. The molecule has 0 unspecified atom stereocenters. The summed E-state index contributed by atoms with van der Waals surface area (Å²) in [7, 11) is 0. The maximum Gasteiger partial charge on any atom is 0.269 e. The van der Waals surface area contributed by atoms with E-state index in [-0.39, 0.29) is 28.6 Å². The predicted molar refractivity (Wildman–Crippen MR) is 121 cm³/mol. The molecule has 0 radical (unpaired) electrons. The van der Waals surface area contributed by atoms with E-state index in [2.05, 4.69) is 21.5 Å². The molecule has 3 amide bonds. The molecule has 2 aromatic rings. The lowest BCUT2D eigenvalue weighted by atomic mass is 10.2. The van der Waals surface area contributed by atoms with Gasteiger partial charge in [-0.1, -0.05) is 23.2 Å². The van der Waals surface area contributed by atoms with E-state index in [9.17, 15) is 14.4 Å². The number of carbonyl (C=O) groups excluding carboxylic acids is 3. The van der Waals surface area contributed by atoms with Crippen LogP contribution in [0.15, 0.2) is 42.5 Å². The summed E-state index contributed by atoms with van der Waals surface area (Å²) in [4.78, 5) is 35.8. The molecule has 0 aliphatic heterocycles. The van der Waals surface area contributed by atoms with Crippen LogP contribution in [-0.4, -0.2) is 29.4 Å².